The van der Waals surface area contributed by atoms with Gasteiger partial charge < -0.3 is 5.32 Å². The van der Waals surface area contributed by atoms with E-state index in [-0.39, 0.29) is 6.04 Å². The summed E-state index contributed by atoms with van der Waals surface area (Å²) in [7, 11) is -3.45. The molecule has 1 aromatic rings. The van der Waals surface area contributed by atoms with Crippen molar-refractivity contribution in [2.75, 3.05) is 6.54 Å². The van der Waals surface area contributed by atoms with Crippen LogP contribution in [0.3, 0.4) is 0 Å². The van der Waals surface area contributed by atoms with Crippen molar-refractivity contribution < 1.29 is 8.42 Å². The number of hydrogen-bond donors (Lipinski definition) is 2. The van der Waals surface area contributed by atoms with Gasteiger partial charge in [0.15, 0.2) is 0 Å². The summed E-state index contributed by atoms with van der Waals surface area (Å²) < 4.78 is 27.7. The average molecular weight is 312 g/mol. The predicted molar refractivity (Wildman–Crippen MR) is 88.0 cm³/mol. The van der Waals surface area contributed by atoms with Crippen molar-refractivity contribution in [2.24, 2.45) is 0 Å². The first-order valence-corrected chi connectivity index (χ1v) is 9.13. The molecule has 5 heteroatoms. The molecule has 1 rings (SSSR count). The van der Waals surface area contributed by atoms with E-state index in [1.54, 1.807) is 6.07 Å². The summed E-state index contributed by atoms with van der Waals surface area (Å²) >= 11 is 0. The Hall–Kier alpha value is -0.910. The van der Waals surface area contributed by atoms with Gasteiger partial charge in [-0.25, -0.2) is 13.1 Å². The second kappa shape index (κ2) is 7.92. The maximum atomic E-state index is 12.5. The van der Waals surface area contributed by atoms with Crippen LogP contribution in [0.4, 0.5) is 0 Å². The molecule has 120 valence electrons. The summed E-state index contributed by atoms with van der Waals surface area (Å²) in [4.78, 5) is 0.390. The highest BCUT2D eigenvalue weighted by molar-refractivity contribution is 7.89. The molecule has 0 saturated heterocycles. The highest BCUT2D eigenvalue weighted by Crippen LogP contribution is 2.21. The van der Waals surface area contributed by atoms with Crippen LogP contribution in [0.2, 0.25) is 0 Å². The summed E-state index contributed by atoms with van der Waals surface area (Å²) in [6.07, 6.45) is 1.83. The maximum absolute atomic E-state index is 12.5. The van der Waals surface area contributed by atoms with E-state index in [9.17, 15) is 8.42 Å². The minimum atomic E-state index is -3.45. The second-order valence-corrected chi connectivity index (χ2v) is 7.33. The molecule has 2 N–H and O–H groups in total. The Labute approximate surface area is 129 Å². The van der Waals surface area contributed by atoms with Gasteiger partial charge in [0, 0.05) is 12.6 Å². The van der Waals surface area contributed by atoms with Gasteiger partial charge in [0.1, 0.15) is 0 Å². The average Bonchev–Trinajstić information content (AvgIpc) is 2.40. The zero-order valence-electron chi connectivity index (χ0n) is 13.8. The van der Waals surface area contributed by atoms with Gasteiger partial charge in [-0.3, -0.25) is 0 Å². The van der Waals surface area contributed by atoms with Crippen molar-refractivity contribution in [3.8, 4) is 0 Å². The summed E-state index contributed by atoms with van der Waals surface area (Å²) in [5, 5.41) is 3.33. The third-order valence-corrected chi connectivity index (χ3v) is 5.37. The van der Waals surface area contributed by atoms with Gasteiger partial charge in [-0.1, -0.05) is 19.9 Å². The normalized spacial score (nSPS) is 13.4. The van der Waals surface area contributed by atoms with Crippen molar-refractivity contribution in [3.05, 3.63) is 28.8 Å². The van der Waals surface area contributed by atoms with Gasteiger partial charge in [-0.2, -0.15) is 0 Å². The molecule has 0 fully saturated rings. The van der Waals surface area contributed by atoms with Gasteiger partial charge in [-0.15, -0.1) is 0 Å². The monoisotopic (exact) mass is 312 g/mol. The number of nitrogens with one attached hydrogen (secondary N) is 2. The van der Waals surface area contributed by atoms with E-state index in [1.807, 2.05) is 33.8 Å². The van der Waals surface area contributed by atoms with Gasteiger partial charge >= 0.3 is 0 Å². The van der Waals surface area contributed by atoms with Crippen LogP contribution in [0, 0.1) is 13.8 Å². The smallest absolute Gasteiger partial charge is 0.241 e. The minimum absolute atomic E-state index is 0.0580. The van der Waals surface area contributed by atoms with Crippen LogP contribution in [0.25, 0.3) is 0 Å². The third-order valence-electron chi connectivity index (χ3n) is 3.63. The van der Waals surface area contributed by atoms with Crippen LogP contribution in [0.5, 0.6) is 0 Å². The van der Waals surface area contributed by atoms with Gasteiger partial charge in [-0.05, 0) is 62.9 Å². The SMILES string of the molecule is CCCNCc1cc(S(=O)(=O)NC(C)CC)c(C)cc1C. The first kappa shape index (κ1) is 18.1. The lowest BCUT2D eigenvalue weighted by Crippen LogP contribution is -2.32. The number of sulfonamides is 1. The molecule has 0 aliphatic rings. The van der Waals surface area contributed by atoms with Crippen molar-refractivity contribution in [2.45, 2.75) is 64.9 Å². The quantitative estimate of drug-likeness (QED) is 0.726. The second-order valence-electron chi connectivity index (χ2n) is 5.65. The van der Waals surface area contributed by atoms with Crippen molar-refractivity contribution >= 4 is 10.0 Å². The molecule has 0 aliphatic heterocycles. The summed E-state index contributed by atoms with van der Waals surface area (Å²) in [5.74, 6) is 0. The molecular weight excluding hydrogens is 284 g/mol. The van der Waals surface area contributed by atoms with Crippen molar-refractivity contribution in [1.29, 1.82) is 0 Å². The van der Waals surface area contributed by atoms with Crippen LogP contribution in [0.15, 0.2) is 17.0 Å². The van der Waals surface area contributed by atoms with Gasteiger partial charge in [0.05, 0.1) is 4.90 Å². The first-order chi connectivity index (χ1) is 9.81. The molecule has 0 spiro atoms. The fraction of sp³-hybridized carbons (Fsp3) is 0.625. The van der Waals surface area contributed by atoms with Crippen LogP contribution in [0.1, 0.15) is 50.3 Å². The molecular formula is C16H28N2O2S. The molecule has 0 aromatic heterocycles. The van der Waals surface area contributed by atoms with Crippen molar-refractivity contribution in [1.82, 2.24) is 10.0 Å². The van der Waals surface area contributed by atoms with E-state index in [4.69, 9.17) is 0 Å². The van der Waals surface area contributed by atoms with E-state index in [2.05, 4.69) is 17.0 Å². The van der Waals surface area contributed by atoms with E-state index >= 15 is 0 Å². The Morgan fingerprint density at radius 2 is 1.81 bits per heavy atom. The lowest BCUT2D eigenvalue weighted by Gasteiger charge is -2.16. The fourth-order valence-electron chi connectivity index (χ4n) is 2.17. The van der Waals surface area contributed by atoms with Crippen LogP contribution in [-0.4, -0.2) is 21.0 Å². The molecule has 1 aromatic carbocycles. The molecule has 0 aliphatic carbocycles. The highest BCUT2D eigenvalue weighted by Gasteiger charge is 2.20. The Bertz CT molecular complexity index is 568. The highest BCUT2D eigenvalue weighted by atomic mass is 32.2. The Morgan fingerprint density at radius 1 is 1.14 bits per heavy atom. The Morgan fingerprint density at radius 3 is 2.38 bits per heavy atom. The molecule has 0 amide bonds. The number of hydrogen-bond acceptors (Lipinski definition) is 3. The van der Waals surface area contributed by atoms with Crippen molar-refractivity contribution in [3.63, 3.8) is 0 Å². The molecule has 0 radical (unpaired) electrons. The molecule has 4 nitrogen and oxygen atoms in total. The molecule has 21 heavy (non-hydrogen) atoms. The molecule has 0 saturated carbocycles. The van der Waals surface area contributed by atoms with E-state index in [0.29, 0.717) is 11.4 Å². The summed E-state index contributed by atoms with van der Waals surface area (Å²) in [6.45, 7) is 11.5. The summed E-state index contributed by atoms with van der Waals surface area (Å²) in [5.41, 5.74) is 2.96. The first-order valence-electron chi connectivity index (χ1n) is 7.65. The third kappa shape index (κ3) is 5.09. The topological polar surface area (TPSA) is 58.2 Å². The lowest BCUT2D eigenvalue weighted by molar-refractivity contribution is 0.555. The van der Waals surface area contributed by atoms with Crippen LogP contribution in [-0.2, 0) is 16.6 Å². The largest absolute Gasteiger partial charge is 0.313 e. The van der Waals surface area contributed by atoms with Crippen LogP contribution < -0.4 is 10.0 Å². The van der Waals surface area contributed by atoms with E-state index in [1.165, 1.54) is 0 Å². The predicted octanol–water partition coefficient (Wildman–Crippen LogP) is 2.88. The van der Waals surface area contributed by atoms with Gasteiger partial charge in [0.25, 0.3) is 0 Å². The minimum Gasteiger partial charge on any atom is -0.313 e. The molecule has 0 bridgehead atoms. The standard InChI is InChI=1S/C16H28N2O2S/c1-6-8-17-11-15-10-16(13(4)9-12(15)3)21(19,20)18-14(5)7-2/h9-10,14,17-18H,6-8,11H2,1-5H3. The zero-order chi connectivity index (χ0) is 16.0. The molecule has 1 unspecified atom stereocenters. The van der Waals surface area contributed by atoms with Crippen LogP contribution >= 0.6 is 0 Å². The van der Waals surface area contributed by atoms with Gasteiger partial charge in [0.2, 0.25) is 10.0 Å². The Kier molecular flexibility index (Phi) is 6.84. The summed E-state index contributed by atoms with van der Waals surface area (Å²) in [6, 6.07) is 3.70. The zero-order valence-corrected chi connectivity index (χ0v) is 14.6. The lowest BCUT2D eigenvalue weighted by atomic mass is 10.1. The fourth-order valence-corrected chi connectivity index (χ4v) is 3.77. The number of rotatable bonds is 8. The maximum Gasteiger partial charge on any atom is 0.241 e. The number of aryl methyl sites for hydroxylation is 2. The Balaban J connectivity index is 3.09. The van der Waals surface area contributed by atoms with E-state index < -0.39 is 10.0 Å². The molecule has 1 atom stereocenters. The molecule has 0 heterocycles. The number of benzene rings is 1. The van der Waals surface area contributed by atoms with E-state index in [0.717, 1.165) is 36.1 Å².